The van der Waals surface area contributed by atoms with Crippen molar-refractivity contribution >= 4 is 17.1 Å². The summed E-state index contributed by atoms with van der Waals surface area (Å²) in [6, 6.07) is 22.1. The molecule has 0 aromatic heterocycles. The van der Waals surface area contributed by atoms with E-state index < -0.39 is 0 Å². The lowest BCUT2D eigenvalue weighted by atomic mass is 9.86. The predicted molar refractivity (Wildman–Crippen MR) is 121 cm³/mol. The minimum absolute atomic E-state index is 0.0967. The van der Waals surface area contributed by atoms with Crippen LogP contribution in [0.3, 0.4) is 0 Å². The summed E-state index contributed by atoms with van der Waals surface area (Å²) >= 11 is 0. The van der Waals surface area contributed by atoms with E-state index in [9.17, 15) is 0 Å². The Balaban J connectivity index is 1.97. The normalized spacial score (nSPS) is 15.5. The smallest absolute Gasteiger partial charge is 0.0960 e. The van der Waals surface area contributed by atoms with Crippen LogP contribution in [0.5, 0.6) is 0 Å². The molecule has 0 aliphatic carbocycles. The average Bonchev–Trinajstić information content (AvgIpc) is 2.64. The molecule has 0 radical (unpaired) electrons. The monoisotopic (exact) mass is 370 g/mol. The Kier molecular flexibility index (Phi) is 4.45. The summed E-state index contributed by atoms with van der Waals surface area (Å²) in [7, 11) is 0. The van der Waals surface area contributed by atoms with Gasteiger partial charge in [-0.1, -0.05) is 54.6 Å². The highest BCUT2D eigenvalue weighted by Crippen LogP contribution is 2.47. The van der Waals surface area contributed by atoms with E-state index in [0.717, 1.165) is 6.67 Å². The van der Waals surface area contributed by atoms with Gasteiger partial charge in [0.25, 0.3) is 0 Å². The Morgan fingerprint density at radius 2 is 1.14 bits per heavy atom. The molecule has 0 saturated carbocycles. The molecular formula is C26H30N2. The van der Waals surface area contributed by atoms with Crippen LogP contribution in [0.1, 0.15) is 41.7 Å². The van der Waals surface area contributed by atoms with Crippen LogP contribution in [0.15, 0.2) is 60.7 Å². The molecule has 144 valence electrons. The van der Waals surface area contributed by atoms with E-state index in [1.807, 2.05) is 0 Å². The van der Waals surface area contributed by atoms with Gasteiger partial charge in [0.2, 0.25) is 0 Å². The van der Waals surface area contributed by atoms with Crippen molar-refractivity contribution < 1.29 is 0 Å². The quantitative estimate of drug-likeness (QED) is 0.491. The fourth-order valence-corrected chi connectivity index (χ4v) is 4.77. The molecule has 0 fully saturated rings. The molecule has 0 unspecified atom stereocenters. The molecule has 3 aromatic carbocycles. The maximum Gasteiger partial charge on any atom is 0.0960 e. The fraction of sp³-hybridized carbons (Fsp3) is 0.308. The molecule has 0 amide bonds. The standard InChI is InChI=1S/C26H30N2/c1-18-11-9-12-19(2)24(18)27-17-28(25-20(3)13-10-14-21(25)4)26(5,6)22-15-7-8-16-23(22)27/h7-16H,17H2,1-6H3. The number of fused-ring (bicyclic) bond motifs is 1. The van der Waals surface area contributed by atoms with Crippen molar-refractivity contribution in [1.29, 1.82) is 0 Å². The fourth-order valence-electron chi connectivity index (χ4n) is 4.77. The van der Waals surface area contributed by atoms with E-state index in [-0.39, 0.29) is 5.54 Å². The van der Waals surface area contributed by atoms with Gasteiger partial charge < -0.3 is 9.80 Å². The van der Waals surface area contributed by atoms with Crippen LogP contribution >= 0.6 is 0 Å². The average molecular weight is 371 g/mol. The first-order valence-electron chi connectivity index (χ1n) is 10.1. The van der Waals surface area contributed by atoms with Gasteiger partial charge in [0, 0.05) is 22.6 Å². The minimum atomic E-state index is -0.0967. The van der Waals surface area contributed by atoms with Crippen molar-refractivity contribution in [2.24, 2.45) is 0 Å². The predicted octanol–water partition coefficient (Wildman–Crippen LogP) is 6.77. The second-order valence-corrected chi connectivity index (χ2v) is 8.55. The van der Waals surface area contributed by atoms with Crippen LogP contribution in [0.4, 0.5) is 17.1 Å². The number of rotatable bonds is 2. The van der Waals surface area contributed by atoms with Gasteiger partial charge in [-0.05, 0) is 69.9 Å². The van der Waals surface area contributed by atoms with Crippen molar-refractivity contribution in [3.05, 3.63) is 88.5 Å². The molecule has 3 aromatic rings. The second kappa shape index (κ2) is 6.70. The first kappa shape index (κ1) is 18.6. The van der Waals surface area contributed by atoms with Gasteiger partial charge in [-0.25, -0.2) is 0 Å². The molecule has 0 atom stereocenters. The summed E-state index contributed by atoms with van der Waals surface area (Å²) in [6.07, 6.45) is 0. The lowest BCUT2D eigenvalue weighted by Crippen LogP contribution is -2.52. The number of aryl methyl sites for hydroxylation is 4. The second-order valence-electron chi connectivity index (χ2n) is 8.55. The van der Waals surface area contributed by atoms with Gasteiger partial charge in [-0.3, -0.25) is 0 Å². The van der Waals surface area contributed by atoms with Crippen LogP contribution in [0, 0.1) is 27.7 Å². The van der Waals surface area contributed by atoms with Gasteiger partial charge in [-0.2, -0.15) is 0 Å². The van der Waals surface area contributed by atoms with Crippen LogP contribution in [-0.2, 0) is 5.54 Å². The topological polar surface area (TPSA) is 6.48 Å². The Bertz CT molecular complexity index is 992. The molecule has 0 spiro atoms. The summed E-state index contributed by atoms with van der Waals surface area (Å²) in [5.41, 5.74) is 10.5. The van der Waals surface area contributed by atoms with E-state index in [1.165, 1.54) is 44.9 Å². The maximum atomic E-state index is 2.58. The number of hydrogen-bond donors (Lipinski definition) is 0. The first-order valence-corrected chi connectivity index (χ1v) is 10.1. The highest BCUT2D eigenvalue weighted by molar-refractivity contribution is 5.77. The zero-order valence-corrected chi connectivity index (χ0v) is 17.9. The Morgan fingerprint density at radius 1 is 0.643 bits per heavy atom. The zero-order chi connectivity index (χ0) is 20.1. The van der Waals surface area contributed by atoms with Crippen molar-refractivity contribution in [2.75, 3.05) is 16.5 Å². The Morgan fingerprint density at radius 3 is 1.71 bits per heavy atom. The lowest BCUT2D eigenvalue weighted by molar-refractivity contribution is 0.463. The molecule has 4 rings (SSSR count). The SMILES string of the molecule is Cc1cccc(C)c1N1CN(c2c(C)cccc2C)C(C)(C)c2ccccc21. The van der Waals surface area contributed by atoms with E-state index in [1.54, 1.807) is 0 Å². The molecular weight excluding hydrogens is 340 g/mol. The molecule has 28 heavy (non-hydrogen) atoms. The highest BCUT2D eigenvalue weighted by Gasteiger charge is 2.39. The van der Waals surface area contributed by atoms with Gasteiger partial charge in [0.1, 0.15) is 0 Å². The summed E-state index contributed by atoms with van der Waals surface area (Å²) in [5, 5.41) is 0. The Labute approximate surface area is 169 Å². The van der Waals surface area contributed by atoms with Gasteiger partial charge in [0.05, 0.1) is 12.2 Å². The van der Waals surface area contributed by atoms with Crippen LogP contribution in [-0.4, -0.2) is 6.67 Å². The lowest BCUT2D eigenvalue weighted by Gasteiger charge is -2.51. The largest absolute Gasteiger partial charge is 0.344 e. The molecule has 0 N–H and O–H groups in total. The molecule has 2 heteroatoms. The molecule has 0 bridgehead atoms. The van der Waals surface area contributed by atoms with E-state index in [2.05, 4.69) is 112 Å². The number of para-hydroxylation sites is 3. The maximum absolute atomic E-state index is 2.58. The van der Waals surface area contributed by atoms with Gasteiger partial charge in [-0.15, -0.1) is 0 Å². The van der Waals surface area contributed by atoms with Crippen LogP contribution in [0.2, 0.25) is 0 Å². The van der Waals surface area contributed by atoms with E-state index >= 15 is 0 Å². The van der Waals surface area contributed by atoms with Crippen LogP contribution < -0.4 is 9.80 Å². The summed E-state index contributed by atoms with van der Waals surface area (Å²) in [4.78, 5) is 5.07. The highest BCUT2D eigenvalue weighted by atomic mass is 15.4. The number of benzene rings is 3. The van der Waals surface area contributed by atoms with Crippen LogP contribution in [0.25, 0.3) is 0 Å². The molecule has 2 nitrogen and oxygen atoms in total. The minimum Gasteiger partial charge on any atom is -0.344 e. The number of anilines is 3. The number of nitrogens with zero attached hydrogens (tertiary/aromatic N) is 2. The molecule has 1 aliphatic heterocycles. The summed E-state index contributed by atoms with van der Waals surface area (Å²) in [6.45, 7) is 14.4. The Hall–Kier alpha value is -2.74. The zero-order valence-electron chi connectivity index (χ0n) is 17.9. The molecule has 1 aliphatic rings. The molecule has 1 heterocycles. The molecule has 0 saturated heterocycles. The van der Waals surface area contributed by atoms with Crippen molar-refractivity contribution in [3.63, 3.8) is 0 Å². The summed E-state index contributed by atoms with van der Waals surface area (Å²) in [5.74, 6) is 0. The van der Waals surface area contributed by atoms with Crippen molar-refractivity contribution in [1.82, 2.24) is 0 Å². The van der Waals surface area contributed by atoms with Crippen molar-refractivity contribution in [3.8, 4) is 0 Å². The third-order valence-corrected chi connectivity index (χ3v) is 6.23. The summed E-state index contributed by atoms with van der Waals surface area (Å²) < 4.78 is 0. The van der Waals surface area contributed by atoms with E-state index in [0.29, 0.717) is 0 Å². The van der Waals surface area contributed by atoms with Crippen molar-refractivity contribution in [2.45, 2.75) is 47.1 Å². The number of hydrogen-bond acceptors (Lipinski definition) is 2. The third kappa shape index (κ3) is 2.79. The third-order valence-electron chi connectivity index (χ3n) is 6.23. The first-order chi connectivity index (χ1) is 13.3. The van der Waals surface area contributed by atoms with Gasteiger partial charge in [0.15, 0.2) is 0 Å². The van der Waals surface area contributed by atoms with Gasteiger partial charge >= 0.3 is 0 Å². The van der Waals surface area contributed by atoms with E-state index in [4.69, 9.17) is 0 Å².